The van der Waals surface area contributed by atoms with Crippen LogP contribution < -0.4 is 5.73 Å². The van der Waals surface area contributed by atoms with Gasteiger partial charge in [-0.25, -0.2) is 0 Å². The molecular weight excluding hydrogens is 244 g/mol. The first-order valence-corrected chi connectivity index (χ1v) is 7.37. The van der Waals surface area contributed by atoms with Gasteiger partial charge >= 0.3 is 0 Å². The molecule has 0 aromatic carbocycles. The van der Waals surface area contributed by atoms with E-state index in [1.54, 1.807) is 0 Å². The third-order valence-electron chi connectivity index (χ3n) is 4.73. The van der Waals surface area contributed by atoms with Crippen LogP contribution in [0.3, 0.4) is 0 Å². The molecular formula is C14H24N2OS. The van der Waals surface area contributed by atoms with Crippen LogP contribution in [-0.2, 0) is 4.79 Å². The lowest BCUT2D eigenvalue weighted by Gasteiger charge is -2.46. The van der Waals surface area contributed by atoms with Gasteiger partial charge in [0.1, 0.15) is 0 Å². The van der Waals surface area contributed by atoms with E-state index >= 15 is 0 Å². The van der Waals surface area contributed by atoms with E-state index in [0.29, 0.717) is 22.7 Å². The molecule has 18 heavy (non-hydrogen) atoms. The first kappa shape index (κ1) is 13.8. The Kier molecular flexibility index (Phi) is 3.67. The van der Waals surface area contributed by atoms with Crippen molar-refractivity contribution >= 4 is 23.1 Å². The zero-order valence-electron chi connectivity index (χ0n) is 11.6. The van der Waals surface area contributed by atoms with Crippen molar-refractivity contribution in [3.05, 3.63) is 0 Å². The number of rotatable bonds is 3. The molecule has 0 aromatic heterocycles. The highest BCUT2D eigenvalue weighted by molar-refractivity contribution is 7.80. The minimum atomic E-state index is -0.513. The fourth-order valence-electron chi connectivity index (χ4n) is 3.43. The Labute approximate surface area is 115 Å². The van der Waals surface area contributed by atoms with Crippen LogP contribution in [0.15, 0.2) is 0 Å². The molecule has 1 aliphatic carbocycles. The molecule has 0 aromatic rings. The van der Waals surface area contributed by atoms with Crippen LogP contribution in [0.5, 0.6) is 0 Å². The second-order valence-electron chi connectivity index (χ2n) is 6.50. The van der Waals surface area contributed by atoms with Gasteiger partial charge in [-0.1, -0.05) is 33.0 Å². The van der Waals surface area contributed by atoms with Crippen molar-refractivity contribution in [2.45, 2.75) is 40.0 Å². The SMILES string of the molecule is CC1CC(C(=O)N2CCC(C(C)C)C2)(C(N)=S)C1. The van der Waals surface area contributed by atoms with Crippen LogP contribution in [0.2, 0.25) is 0 Å². The van der Waals surface area contributed by atoms with Crippen molar-refractivity contribution in [3.63, 3.8) is 0 Å². The van der Waals surface area contributed by atoms with Gasteiger partial charge in [-0.3, -0.25) is 4.79 Å². The molecule has 4 heteroatoms. The van der Waals surface area contributed by atoms with E-state index in [9.17, 15) is 4.79 Å². The summed E-state index contributed by atoms with van der Waals surface area (Å²) < 4.78 is 0. The van der Waals surface area contributed by atoms with Gasteiger partial charge in [-0.2, -0.15) is 0 Å². The Bertz CT molecular complexity index is 361. The number of carbonyl (C=O) groups excluding carboxylic acids is 1. The fourth-order valence-corrected chi connectivity index (χ4v) is 3.68. The van der Waals surface area contributed by atoms with Gasteiger partial charge in [-0.15, -0.1) is 0 Å². The van der Waals surface area contributed by atoms with Crippen LogP contribution in [0, 0.1) is 23.2 Å². The second-order valence-corrected chi connectivity index (χ2v) is 6.94. The lowest BCUT2D eigenvalue weighted by atomic mass is 9.61. The molecule has 2 fully saturated rings. The van der Waals surface area contributed by atoms with E-state index in [1.165, 1.54) is 0 Å². The van der Waals surface area contributed by atoms with Crippen LogP contribution in [0.25, 0.3) is 0 Å². The summed E-state index contributed by atoms with van der Waals surface area (Å²) in [6, 6.07) is 0. The highest BCUT2D eigenvalue weighted by atomic mass is 32.1. The third-order valence-corrected chi connectivity index (χ3v) is 5.12. The number of likely N-dealkylation sites (tertiary alicyclic amines) is 1. The van der Waals surface area contributed by atoms with Crippen molar-refractivity contribution in [1.29, 1.82) is 0 Å². The quantitative estimate of drug-likeness (QED) is 0.798. The van der Waals surface area contributed by atoms with Crippen LogP contribution >= 0.6 is 12.2 Å². The number of hydrogen-bond donors (Lipinski definition) is 1. The zero-order valence-corrected chi connectivity index (χ0v) is 12.4. The number of nitrogens with zero attached hydrogens (tertiary/aromatic N) is 1. The number of nitrogens with two attached hydrogens (primary N) is 1. The van der Waals surface area contributed by atoms with Crippen LogP contribution in [0.1, 0.15) is 40.0 Å². The highest BCUT2D eigenvalue weighted by Crippen LogP contribution is 2.47. The zero-order chi connectivity index (χ0) is 13.5. The predicted octanol–water partition coefficient (Wildman–Crippen LogP) is 2.19. The normalized spacial score (nSPS) is 35.7. The first-order chi connectivity index (χ1) is 8.36. The molecule has 3 nitrogen and oxygen atoms in total. The molecule has 1 aliphatic heterocycles. The summed E-state index contributed by atoms with van der Waals surface area (Å²) in [5, 5.41) is 0. The number of thiocarbonyl (C=S) groups is 1. The maximum absolute atomic E-state index is 12.7. The smallest absolute Gasteiger partial charge is 0.235 e. The molecule has 2 N–H and O–H groups in total. The highest BCUT2D eigenvalue weighted by Gasteiger charge is 2.53. The average molecular weight is 268 g/mol. The van der Waals surface area contributed by atoms with E-state index < -0.39 is 5.41 Å². The van der Waals surface area contributed by atoms with E-state index in [2.05, 4.69) is 20.8 Å². The molecule has 0 spiro atoms. The Morgan fingerprint density at radius 3 is 2.44 bits per heavy atom. The molecule has 0 bridgehead atoms. The van der Waals surface area contributed by atoms with E-state index in [1.807, 2.05) is 4.90 Å². The lowest BCUT2D eigenvalue weighted by Crippen LogP contribution is -2.56. The summed E-state index contributed by atoms with van der Waals surface area (Å²) in [5.74, 6) is 2.04. The summed E-state index contributed by atoms with van der Waals surface area (Å²) in [7, 11) is 0. The molecule has 1 heterocycles. The van der Waals surface area contributed by atoms with Gasteiger partial charge in [-0.05, 0) is 37.0 Å². The summed E-state index contributed by atoms with van der Waals surface area (Å²) in [5.41, 5.74) is 5.33. The summed E-state index contributed by atoms with van der Waals surface area (Å²) in [4.78, 5) is 15.1. The Hall–Kier alpha value is -0.640. The van der Waals surface area contributed by atoms with Crippen LogP contribution in [0.4, 0.5) is 0 Å². The van der Waals surface area contributed by atoms with Crippen molar-refractivity contribution < 1.29 is 4.79 Å². The number of amides is 1. The van der Waals surface area contributed by atoms with E-state index in [4.69, 9.17) is 18.0 Å². The summed E-state index contributed by atoms with van der Waals surface area (Å²) in [6.07, 6.45) is 2.79. The molecule has 0 radical (unpaired) electrons. The fraction of sp³-hybridized carbons (Fsp3) is 0.857. The van der Waals surface area contributed by atoms with Crippen molar-refractivity contribution in [3.8, 4) is 0 Å². The molecule has 2 rings (SSSR count). The summed E-state index contributed by atoms with van der Waals surface area (Å²) >= 11 is 5.16. The van der Waals surface area contributed by atoms with Crippen LogP contribution in [-0.4, -0.2) is 28.9 Å². The maximum Gasteiger partial charge on any atom is 0.235 e. The van der Waals surface area contributed by atoms with Crippen molar-refractivity contribution in [1.82, 2.24) is 4.90 Å². The molecule has 1 unspecified atom stereocenters. The minimum Gasteiger partial charge on any atom is -0.392 e. The van der Waals surface area contributed by atoms with Gasteiger partial charge in [0.05, 0.1) is 10.4 Å². The first-order valence-electron chi connectivity index (χ1n) is 6.96. The lowest BCUT2D eigenvalue weighted by molar-refractivity contribution is -0.143. The Morgan fingerprint density at radius 1 is 1.44 bits per heavy atom. The third kappa shape index (κ3) is 2.15. The standard InChI is InChI=1S/C14H24N2OS/c1-9(2)11-4-5-16(8-11)13(17)14(12(15)18)6-10(3)7-14/h9-11H,4-8H2,1-3H3,(H2,15,18). The number of hydrogen-bond acceptors (Lipinski definition) is 2. The topological polar surface area (TPSA) is 46.3 Å². The molecule has 1 atom stereocenters. The Morgan fingerprint density at radius 2 is 2.06 bits per heavy atom. The van der Waals surface area contributed by atoms with Gasteiger partial charge < -0.3 is 10.6 Å². The minimum absolute atomic E-state index is 0.191. The molecule has 2 aliphatic rings. The number of carbonyl (C=O) groups is 1. The molecule has 102 valence electrons. The van der Waals surface area contributed by atoms with E-state index in [-0.39, 0.29) is 5.91 Å². The van der Waals surface area contributed by atoms with Gasteiger partial charge in [0.15, 0.2) is 0 Å². The second kappa shape index (κ2) is 4.80. The largest absolute Gasteiger partial charge is 0.392 e. The monoisotopic (exact) mass is 268 g/mol. The Balaban J connectivity index is 2.05. The molecule has 1 amide bonds. The molecule has 1 saturated heterocycles. The van der Waals surface area contributed by atoms with Gasteiger partial charge in [0.25, 0.3) is 0 Å². The average Bonchev–Trinajstić information content (AvgIpc) is 2.72. The molecule has 1 saturated carbocycles. The van der Waals surface area contributed by atoms with E-state index in [0.717, 1.165) is 32.4 Å². The summed E-state index contributed by atoms with van der Waals surface area (Å²) in [6.45, 7) is 8.38. The van der Waals surface area contributed by atoms with Crippen molar-refractivity contribution in [2.24, 2.45) is 28.9 Å². The van der Waals surface area contributed by atoms with Crippen molar-refractivity contribution in [2.75, 3.05) is 13.1 Å². The maximum atomic E-state index is 12.7. The van der Waals surface area contributed by atoms with Gasteiger partial charge in [0, 0.05) is 13.1 Å². The predicted molar refractivity (Wildman–Crippen MR) is 77.1 cm³/mol. The van der Waals surface area contributed by atoms with Gasteiger partial charge in [0.2, 0.25) is 5.91 Å².